The number of rotatable bonds is 6. The maximum Gasteiger partial charge on any atom is 0.251 e. The molecule has 0 bridgehead atoms. The van der Waals surface area contributed by atoms with Gasteiger partial charge in [-0.15, -0.1) is 0 Å². The molecule has 0 aliphatic carbocycles. The molecule has 27 heavy (non-hydrogen) atoms. The molecule has 1 atom stereocenters. The van der Waals surface area contributed by atoms with Crippen LogP contribution in [-0.4, -0.2) is 25.2 Å². The fraction of sp³-hybridized carbons (Fsp3) is 0.318. The molecule has 3 rings (SSSR count). The minimum Gasteiger partial charge on any atom is -0.497 e. The summed E-state index contributed by atoms with van der Waals surface area (Å²) in [6, 6.07) is 12.6. The first-order chi connectivity index (χ1) is 12.9. The van der Waals surface area contributed by atoms with Crippen LogP contribution in [0, 0.1) is 0 Å². The van der Waals surface area contributed by atoms with Crippen molar-refractivity contribution < 1.29 is 19.0 Å². The highest BCUT2D eigenvalue weighted by Gasteiger charge is 2.35. The highest BCUT2D eigenvalue weighted by Crippen LogP contribution is 2.41. The van der Waals surface area contributed by atoms with E-state index in [0.29, 0.717) is 24.3 Å². The van der Waals surface area contributed by atoms with E-state index in [4.69, 9.17) is 14.2 Å². The van der Waals surface area contributed by atoms with E-state index in [1.54, 1.807) is 37.5 Å². The predicted octanol–water partition coefficient (Wildman–Crippen LogP) is 4.29. The van der Waals surface area contributed by atoms with Gasteiger partial charge in [-0.2, -0.15) is 0 Å². The molecule has 5 nitrogen and oxygen atoms in total. The average Bonchev–Trinajstić information content (AvgIpc) is 2.65. The molecular weight excluding hydrogens is 342 g/mol. The Morgan fingerprint density at radius 3 is 2.63 bits per heavy atom. The number of carbonyl (C=O) groups excluding carboxylic acids is 1. The lowest BCUT2D eigenvalue weighted by molar-refractivity contribution is 0.0617. The molecule has 0 aromatic heterocycles. The summed E-state index contributed by atoms with van der Waals surface area (Å²) in [6.45, 7) is 8.08. The van der Waals surface area contributed by atoms with E-state index in [1.165, 1.54) is 0 Å². The van der Waals surface area contributed by atoms with Crippen LogP contribution in [0.5, 0.6) is 17.2 Å². The molecule has 0 saturated heterocycles. The van der Waals surface area contributed by atoms with Crippen LogP contribution in [0.2, 0.25) is 0 Å². The Hall–Kier alpha value is -2.95. The van der Waals surface area contributed by atoms with E-state index in [0.717, 1.165) is 17.1 Å². The van der Waals surface area contributed by atoms with Crippen molar-refractivity contribution >= 4 is 5.91 Å². The Morgan fingerprint density at radius 1 is 1.26 bits per heavy atom. The zero-order valence-corrected chi connectivity index (χ0v) is 16.0. The predicted molar refractivity (Wildman–Crippen MR) is 105 cm³/mol. The van der Waals surface area contributed by atoms with E-state index in [2.05, 4.69) is 11.9 Å². The number of ether oxygens (including phenoxy) is 3. The molecule has 1 amide bonds. The molecule has 2 aromatic rings. The lowest BCUT2D eigenvalue weighted by Crippen LogP contribution is -2.41. The van der Waals surface area contributed by atoms with Gasteiger partial charge in [-0.05, 0) is 50.2 Å². The van der Waals surface area contributed by atoms with Gasteiger partial charge in [0.15, 0.2) is 0 Å². The van der Waals surface area contributed by atoms with E-state index in [-0.39, 0.29) is 17.6 Å². The molecule has 1 N–H and O–H groups in total. The summed E-state index contributed by atoms with van der Waals surface area (Å²) in [7, 11) is 1.62. The van der Waals surface area contributed by atoms with Gasteiger partial charge >= 0.3 is 0 Å². The van der Waals surface area contributed by atoms with Crippen LogP contribution >= 0.6 is 0 Å². The molecule has 5 heteroatoms. The van der Waals surface area contributed by atoms with E-state index < -0.39 is 0 Å². The number of methoxy groups -OCH3 is 1. The van der Waals surface area contributed by atoms with Gasteiger partial charge in [0, 0.05) is 23.6 Å². The Labute approximate surface area is 159 Å². The summed E-state index contributed by atoms with van der Waals surface area (Å²) in [5, 5.41) is 3.13. The zero-order chi connectivity index (χ0) is 19.4. The van der Waals surface area contributed by atoms with E-state index in [9.17, 15) is 4.79 Å². The number of hydrogen-bond donors (Lipinski definition) is 1. The number of benzene rings is 2. The zero-order valence-electron chi connectivity index (χ0n) is 16.0. The maximum absolute atomic E-state index is 12.7. The molecule has 0 fully saturated rings. The lowest BCUT2D eigenvalue weighted by atomic mass is 9.89. The van der Waals surface area contributed by atoms with Crippen molar-refractivity contribution in [3.05, 3.63) is 66.2 Å². The number of fused-ring (bicyclic) bond motifs is 1. The average molecular weight is 367 g/mol. The number of amides is 1. The first kappa shape index (κ1) is 18.8. The SMILES string of the molecule is C=CCOc1ccc(C(=O)NC2CC(C)(C)Oc3cc(OC)ccc32)cc1. The summed E-state index contributed by atoms with van der Waals surface area (Å²) in [5.41, 5.74) is 1.15. The van der Waals surface area contributed by atoms with Crippen molar-refractivity contribution in [2.24, 2.45) is 0 Å². The van der Waals surface area contributed by atoms with Crippen LogP contribution in [0.3, 0.4) is 0 Å². The third-order valence-electron chi connectivity index (χ3n) is 4.47. The second-order valence-electron chi connectivity index (χ2n) is 7.12. The van der Waals surface area contributed by atoms with Gasteiger partial charge in [-0.1, -0.05) is 12.7 Å². The number of nitrogens with one attached hydrogen (secondary N) is 1. The molecule has 0 saturated carbocycles. The van der Waals surface area contributed by atoms with Crippen LogP contribution in [0.15, 0.2) is 55.1 Å². The minimum atomic E-state index is -0.389. The molecule has 2 aromatic carbocycles. The molecule has 1 unspecified atom stereocenters. The maximum atomic E-state index is 12.7. The van der Waals surface area contributed by atoms with Gasteiger partial charge in [0.25, 0.3) is 5.91 Å². The van der Waals surface area contributed by atoms with Crippen molar-refractivity contribution in [3.63, 3.8) is 0 Å². The Bertz CT molecular complexity index is 827. The van der Waals surface area contributed by atoms with Crippen molar-refractivity contribution in [1.29, 1.82) is 0 Å². The standard InChI is InChI=1S/C22H25NO4/c1-5-12-26-16-8-6-15(7-9-16)21(24)23-19-14-22(2,3)27-20-13-17(25-4)10-11-18(19)20/h5-11,13,19H,1,12,14H2,2-4H3,(H,23,24). The first-order valence-corrected chi connectivity index (χ1v) is 8.93. The third kappa shape index (κ3) is 4.42. The van der Waals surface area contributed by atoms with Crippen LogP contribution in [0.1, 0.15) is 42.2 Å². The van der Waals surface area contributed by atoms with Gasteiger partial charge in [-0.3, -0.25) is 4.79 Å². The van der Waals surface area contributed by atoms with Gasteiger partial charge in [0.05, 0.1) is 13.2 Å². The summed E-state index contributed by atoms with van der Waals surface area (Å²) < 4.78 is 16.8. The Morgan fingerprint density at radius 2 is 1.96 bits per heavy atom. The molecule has 1 heterocycles. The summed E-state index contributed by atoms with van der Waals surface area (Å²) in [5.74, 6) is 2.04. The van der Waals surface area contributed by atoms with Crippen LogP contribution in [0.25, 0.3) is 0 Å². The Balaban J connectivity index is 1.78. The molecule has 142 valence electrons. The van der Waals surface area contributed by atoms with E-state index in [1.807, 2.05) is 32.0 Å². The van der Waals surface area contributed by atoms with Gasteiger partial charge < -0.3 is 19.5 Å². The smallest absolute Gasteiger partial charge is 0.251 e. The van der Waals surface area contributed by atoms with Crippen LogP contribution in [-0.2, 0) is 0 Å². The second-order valence-corrected chi connectivity index (χ2v) is 7.12. The topological polar surface area (TPSA) is 56.8 Å². The van der Waals surface area contributed by atoms with Gasteiger partial charge in [0.2, 0.25) is 0 Å². The van der Waals surface area contributed by atoms with Crippen LogP contribution < -0.4 is 19.5 Å². The highest BCUT2D eigenvalue weighted by atomic mass is 16.5. The summed E-state index contributed by atoms with van der Waals surface area (Å²) >= 11 is 0. The monoisotopic (exact) mass is 367 g/mol. The van der Waals surface area contributed by atoms with Crippen LogP contribution in [0.4, 0.5) is 0 Å². The largest absolute Gasteiger partial charge is 0.497 e. The minimum absolute atomic E-state index is 0.130. The molecule has 1 aliphatic heterocycles. The molecular formula is C22H25NO4. The number of hydrogen-bond acceptors (Lipinski definition) is 4. The Kier molecular flexibility index (Phi) is 5.40. The van der Waals surface area contributed by atoms with E-state index >= 15 is 0 Å². The lowest BCUT2D eigenvalue weighted by Gasteiger charge is -2.38. The fourth-order valence-electron chi connectivity index (χ4n) is 3.19. The molecule has 1 aliphatic rings. The quantitative estimate of drug-likeness (QED) is 0.774. The second kappa shape index (κ2) is 7.74. The highest BCUT2D eigenvalue weighted by molar-refractivity contribution is 5.94. The molecule has 0 spiro atoms. The first-order valence-electron chi connectivity index (χ1n) is 8.93. The molecule has 0 radical (unpaired) electrons. The van der Waals surface area contributed by atoms with Crippen molar-refractivity contribution in [3.8, 4) is 17.2 Å². The van der Waals surface area contributed by atoms with Crippen molar-refractivity contribution in [2.45, 2.75) is 31.9 Å². The summed E-state index contributed by atoms with van der Waals surface area (Å²) in [6.07, 6.45) is 2.36. The summed E-state index contributed by atoms with van der Waals surface area (Å²) in [4.78, 5) is 12.7. The van der Waals surface area contributed by atoms with Crippen molar-refractivity contribution in [2.75, 3.05) is 13.7 Å². The number of carbonyl (C=O) groups is 1. The third-order valence-corrected chi connectivity index (χ3v) is 4.47. The van der Waals surface area contributed by atoms with Crippen molar-refractivity contribution in [1.82, 2.24) is 5.32 Å². The van der Waals surface area contributed by atoms with Gasteiger partial charge in [-0.25, -0.2) is 0 Å². The fourth-order valence-corrected chi connectivity index (χ4v) is 3.19. The normalized spacial score (nSPS) is 17.2. The van der Waals surface area contributed by atoms with Gasteiger partial charge in [0.1, 0.15) is 29.5 Å².